The molecule has 0 spiro atoms. The van der Waals surface area contributed by atoms with Crippen LogP contribution in [-0.4, -0.2) is 31.5 Å². The van der Waals surface area contributed by atoms with Gasteiger partial charge >= 0.3 is 0 Å². The first kappa shape index (κ1) is 15.9. The minimum absolute atomic E-state index is 0.216. The molecule has 0 saturated heterocycles. The Morgan fingerprint density at radius 3 is 2.90 bits per heavy atom. The number of thiazole rings is 1. The number of rotatable bonds is 6. The van der Waals surface area contributed by atoms with E-state index in [1.165, 1.54) is 21.8 Å². The van der Waals surface area contributed by atoms with Gasteiger partial charge in [0.1, 0.15) is 9.84 Å². The first-order valence-electron chi connectivity index (χ1n) is 7.31. The maximum absolute atomic E-state index is 11.2. The summed E-state index contributed by atoms with van der Waals surface area (Å²) in [4.78, 5) is 6.07. The van der Waals surface area contributed by atoms with Gasteiger partial charge in [-0.05, 0) is 39.0 Å². The van der Waals surface area contributed by atoms with Gasteiger partial charge < -0.3 is 5.32 Å². The van der Waals surface area contributed by atoms with Crippen molar-refractivity contribution in [3.63, 3.8) is 0 Å². The second-order valence-electron chi connectivity index (χ2n) is 5.70. The van der Waals surface area contributed by atoms with Crippen molar-refractivity contribution in [1.29, 1.82) is 0 Å². The van der Waals surface area contributed by atoms with E-state index in [4.69, 9.17) is 4.98 Å². The van der Waals surface area contributed by atoms with Gasteiger partial charge in [0, 0.05) is 23.2 Å². The predicted octanol–water partition coefficient (Wildman–Crippen LogP) is 2.50. The summed E-state index contributed by atoms with van der Waals surface area (Å²) in [5, 5.41) is 4.81. The van der Waals surface area contributed by atoms with Gasteiger partial charge in [0.15, 0.2) is 0 Å². The van der Waals surface area contributed by atoms with Crippen LogP contribution in [0.15, 0.2) is 0 Å². The van der Waals surface area contributed by atoms with Crippen LogP contribution >= 0.6 is 11.3 Å². The smallest absolute Gasteiger partial charge is 0.147 e. The molecule has 1 aliphatic rings. The molecule has 0 saturated carbocycles. The maximum atomic E-state index is 11.2. The summed E-state index contributed by atoms with van der Waals surface area (Å²) in [6.45, 7) is 4.21. The van der Waals surface area contributed by atoms with Gasteiger partial charge in [-0.3, -0.25) is 0 Å². The van der Waals surface area contributed by atoms with Crippen molar-refractivity contribution < 1.29 is 8.42 Å². The Labute approximate surface area is 125 Å². The zero-order valence-corrected chi connectivity index (χ0v) is 14.1. The Hall–Kier alpha value is -0.460. The molecule has 0 unspecified atom stereocenters. The van der Waals surface area contributed by atoms with E-state index in [0.29, 0.717) is 12.5 Å². The van der Waals surface area contributed by atoms with E-state index < -0.39 is 9.84 Å². The lowest BCUT2D eigenvalue weighted by Crippen LogP contribution is -2.33. The molecule has 1 N–H and O–H groups in total. The van der Waals surface area contributed by atoms with Crippen LogP contribution in [-0.2, 0) is 22.7 Å². The normalized spacial score (nSPS) is 20.6. The zero-order valence-electron chi connectivity index (χ0n) is 12.5. The minimum Gasteiger partial charge on any atom is -0.307 e. The number of aryl methyl sites for hydroxylation is 2. The van der Waals surface area contributed by atoms with E-state index in [0.717, 1.165) is 25.7 Å². The highest BCUT2D eigenvalue weighted by atomic mass is 32.2. The summed E-state index contributed by atoms with van der Waals surface area (Å²) >= 11 is 1.82. The Kier molecular flexibility index (Phi) is 5.20. The van der Waals surface area contributed by atoms with Crippen LogP contribution in [0.5, 0.6) is 0 Å². The lowest BCUT2D eigenvalue weighted by Gasteiger charge is -2.26. The summed E-state index contributed by atoms with van der Waals surface area (Å²) in [7, 11) is -2.87. The van der Waals surface area contributed by atoms with Gasteiger partial charge in [-0.25, -0.2) is 13.4 Å². The molecule has 6 heteroatoms. The van der Waals surface area contributed by atoms with Crippen LogP contribution in [0.2, 0.25) is 0 Å². The summed E-state index contributed by atoms with van der Waals surface area (Å²) in [6.07, 6.45) is 6.34. The third-order valence-corrected chi connectivity index (χ3v) is 6.04. The number of aromatic nitrogens is 1. The number of hydrogen-bond donors (Lipinski definition) is 1. The average Bonchev–Trinajstić information content (AvgIpc) is 2.80. The van der Waals surface area contributed by atoms with E-state index >= 15 is 0 Å². The zero-order chi connectivity index (χ0) is 14.8. The van der Waals surface area contributed by atoms with Crippen LogP contribution in [0.3, 0.4) is 0 Å². The molecule has 1 heterocycles. The third kappa shape index (κ3) is 4.27. The minimum atomic E-state index is -2.87. The molecule has 2 rings (SSSR count). The molecular weight excluding hydrogens is 292 g/mol. The largest absolute Gasteiger partial charge is 0.307 e. The van der Waals surface area contributed by atoms with Crippen molar-refractivity contribution in [1.82, 2.24) is 10.3 Å². The van der Waals surface area contributed by atoms with Gasteiger partial charge in [0.25, 0.3) is 0 Å². The van der Waals surface area contributed by atoms with Crippen molar-refractivity contribution in [2.45, 2.75) is 58.0 Å². The van der Waals surface area contributed by atoms with Crippen LogP contribution in [0, 0.1) is 0 Å². The van der Waals surface area contributed by atoms with E-state index in [1.807, 2.05) is 11.3 Å². The monoisotopic (exact) mass is 316 g/mol. The summed E-state index contributed by atoms with van der Waals surface area (Å²) in [5.74, 6) is 0.254. The molecule has 1 aliphatic carbocycles. The lowest BCUT2D eigenvalue weighted by molar-refractivity contribution is 0.406. The number of nitrogens with zero attached hydrogens (tertiary/aromatic N) is 1. The van der Waals surface area contributed by atoms with Gasteiger partial charge in [-0.1, -0.05) is 6.92 Å². The molecule has 2 atom stereocenters. The topological polar surface area (TPSA) is 59.1 Å². The molecule has 0 bridgehead atoms. The maximum Gasteiger partial charge on any atom is 0.147 e. The standard InChI is InChI=1S/C14H24N2O2S2/c1-4-13-16-12-7-5-6-11(14(12)19-13)15-10(2)8-9-20(3,17)18/h10-11,15H,4-9H2,1-3H3/t10-,11+/m1/s1. The second-order valence-corrected chi connectivity index (χ2v) is 9.08. The predicted molar refractivity (Wildman–Crippen MR) is 84.1 cm³/mol. The average molecular weight is 316 g/mol. The van der Waals surface area contributed by atoms with Crippen molar-refractivity contribution in [3.05, 3.63) is 15.6 Å². The molecule has 0 amide bonds. The molecule has 0 aliphatic heterocycles. The first-order chi connectivity index (χ1) is 9.39. The van der Waals surface area contributed by atoms with E-state index in [-0.39, 0.29) is 11.8 Å². The summed E-state index contributed by atoms with van der Waals surface area (Å²) < 4.78 is 22.5. The lowest BCUT2D eigenvalue weighted by atomic mass is 9.97. The van der Waals surface area contributed by atoms with E-state index in [9.17, 15) is 8.42 Å². The molecule has 0 radical (unpaired) electrons. The van der Waals surface area contributed by atoms with Gasteiger partial charge in [0.2, 0.25) is 0 Å². The van der Waals surface area contributed by atoms with Crippen LogP contribution in [0.4, 0.5) is 0 Å². The van der Waals surface area contributed by atoms with Crippen molar-refractivity contribution in [2.24, 2.45) is 0 Å². The quantitative estimate of drug-likeness (QED) is 0.876. The van der Waals surface area contributed by atoms with E-state index in [2.05, 4.69) is 19.2 Å². The molecule has 0 aromatic carbocycles. The fourth-order valence-corrected chi connectivity index (χ4v) is 4.53. The Morgan fingerprint density at radius 2 is 2.25 bits per heavy atom. The molecular formula is C14H24N2O2S2. The SMILES string of the molecule is CCc1nc2c(s1)[C@@H](N[C@H](C)CCS(C)(=O)=O)CCC2. The number of sulfone groups is 1. The highest BCUT2D eigenvalue weighted by Crippen LogP contribution is 2.34. The Bertz CT molecular complexity index is 552. The number of fused-ring (bicyclic) bond motifs is 1. The highest BCUT2D eigenvalue weighted by molar-refractivity contribution is 7.90. The fourth-order valence-electron chi connectivity index (χ4n) is 2.60. The molecule has 114 valence electrons. The summed E-state index contributed by atoms with van der Waals surface area (Å²) in [5.41, 5.74) is 1.26. The Balaban J connectivity index is 1.99. The van der Waals surface area contributed by atoms with Crippen LogP contribution in [0.25, 0.3) is 0 Å². The fraction of sp³-hybridized carbons (Fsp3) is 0.786. The van der Waals surface area contributed by atoms with Crippen LogP contribution < -0.4 is 5.32 Å². The van der Waals surface area contributed by atoms with Crippen molar-refractivity contribution in [2.75, 3.05) is 12.0 Å². The molecule has 20 heavy (non-hydrogen) atoms. The number of hydrogen-bond acceptors (Lipinski definition) is 5. The summed E-state index contributed by atoms with van der Waals surface area (Å²) in [6, 6.07) is 0.568. The molecule has 1 aromatic rings. The van der Waals surface area contributed by atoms with Crippen molar-refractivity contribution >= 4 is 21.2 Å². The Morgan fingerprint density at radius 1 is 1.50 bits per heavy atom. The molecule has 1 aromatic heterocycles. The van der Waals surface area contributed by atoms with E-state index in [1.54, 1.807) is 0 Å². The second kappa shape index (κ2) is 6.54. The molecule has 4 nitrogen and oxygen atoms in total. The van der Waals surface area contributed by atoms with Crippen molar-refractivity contribution in [3.8, 4) is 0 Å². The third-order valence-electron chi connectivity index (χ3n) is 3.70. The van der Waals surface area contributed by atoms with Crippen LogP contribution in [0.1, 0.15) is 54.7 Å². The molecule has 0 fully saturated rings. The van der Waals surface area contributed by atoms with Gasteiger partial charge in [-0.2, -0.15) is 0 Å². The first-order valence-corrected chi connectivity index (χ1v) is 10.2. The van der Waals surface area contributed by atoms with Gasteiger partial charge in [-0.15, -0.1) is 11.3 Å². The van der Waals surface area contributed by atoms with Gasteiger partial charge in [0.05, 0.1) is 16.5 Å². The highest BCUT2D eigenvalue weighted by Gasteiger charge is 2.25. The number of nitrogens with one attached hydrogen (secondary N) is 1.